The van der Waals surface area contributed by atoms with Gasteiger partial charge in [0.15, 0.2) is 0 Å². The number of rotatable bonds is 4. The summed E-state index contributed by atoms with van der Waals surface area (Å²) in [6, 6.07) is 9.13. The molecule has 4 nitrogen and oxygen atoms in total. The Morgan fingerprint density at radius 3 is 2.63 bits per heavy atom. The van der Waals surface area contributed by atoms with Crippen LogP contribution >= 0.6 is 0 Å². The largest absolute Gasteiger partial charge is 0.496 e. The van der Waals surface area contributed by atoms with Crippen molar-refractivity contribution >= 4 is 5.91 Å². The van der Waals surface area contributed by atoms with Crippen molar-refractivity contribution in [2.24, 2.45) is 0 Å². The zero-order valence-corrected chi connectivity index (χ0v) is 11.0. The number of amides is 1. The molecule has 1 aromatic carbocycles. The third-order valence-electron chi connectivity index (χ3n) is 2.86. The van der Waals surface area contributed by atoms with E-state index in [9.17, 15) is 4.79 Å². The Hall–Kier alpha value is -2.36. The first kappa shape index (κ1) is 13.1. The van der Waals surface area contributed by atoms with Gasteiger partial charge < -0.3 is 10.1 Å². The van der Waals surface area contributed by atoms with E-state index in [1.807, 2.05) is 25.1 Å². The predicted molar refractivity (Wildman–Crippen MR) is 73.1 cm³/mol. The average molecular weight is 256 g/mol. The van der Waals surface area contributed by atoms with E-state index in [0.717, 1.165) is 16.9 Å². The Labute approximate surface area is 112 Å². The summed E-state index contributed by atoms with van der Waals surface area (Å²) < 4.78 is 5.17. The third kappa shape index (κ3) is 3.31. The van der Waals surface area contributed by atoms with Crippen LogP contribution in [0.15, 0.2) is 42.7 Å². The second kappa shape index (κ2) is 6.00. The molecule has 4 heteroatoms. The molecular formula is C15H16N2O2. The molecule has 0 spiro atoms. The fourth-order valence-electron chi connectivity index (χ4n) is 1.80. The Balaban J connectivity index is 2.02. The van der Waals surface area contributed by atoms with Crippen molar-refractivity contribution in [1.82, 2.24) is 10.3 Å². The Morgan fingerprint density at radius 1 is 1.26 bits per heavy atom. The van der Waals surface area contributed by atoms with Gasteiger partial charge in [-0.2, -0.15) is 0 Å². The molecule has 0 bridgehead atoms. The zero-order chi connectivity index (χ0) is 13.7. The highest BCUT2D eigenvalue weighted by Gasteiger charge is 2.07. The summed E-state index contributed by atoms with van der Waals surface area (Å²) in [6.45, 7) is 2.41. The number of nitrogens with one attached hydrogen (secondary N) is 1. The maximum atomic E-state index is 12.0. The average Bonchev–Trinajstić information content (AvgIpc) is 2.45. The molecule has 0 aliphatic rings. The molecule has 0 saturated heterocycles. The van der Waals surface area contributed by atoms with Gasteiger partial charge in [-0.3, -0.25) is 9.78 Å². The summed E-state index contributed by atoms with van der Waals surface area (Å²) in [4.78, 5) is 15.9. The molecule has 1 heterocycles. The molecule has 0 aliphatic carbocycles. The number of pyridine rings is 1. The van der Waals surface area contributed by atoms with E-state index < -0.39 is 0 Å². The number of hydrogen-bond donors (Lipinski definition) is 1. The van der Waals surface area contributed by atoms with Crippen LogP contribution < -0.4 is 10.1 Å². The lowest BCUT2D eigenvalue weighted by molar-refractivity contribution is 0.0951. The van der Waals surface area contributed by atoms with Crippen LogP contribution in [0.5, 0.6) is 5.75 Å². The summed E-state index contributed by atoms with van der Waals surface area (Å²) in [5, 5.41) is 2.87. The Kier molecular flexibility index (Phi) is 4.13. The van der Waals surface area contributed by atoms with Crippen LogP contribution in [0.4, 0.5) is 0 Å². The minimum Gasteiger partial charge on any atom is -0.496 e. The van der Waals surface area contributed by atoms with E-state index in [2.05, 4.69) is 10.3 Å². The number of nitrogens with zero attached hydrogens (tertiary/aromatic N) is 1. The van der Waals surface area contributed by atoms with Gasteiger partial charge in [-0.05, 0) is 48.4 Å². The smallest absolute Gasteiger partial charge is 0.251 e. The Bertz CT molecular complexity index is 568. The van der Waals surface area contributed by atoms with E-state index in [4.69, 9.17) is 4.74 Å². The van der Waals surface area contributed by atoms with Crippen molar-refractivity contribution < 1.29 is 9.53 Å². The molecular weight excluding hydrogens is 240 g/mol. The van der Waals surface area contributed by atoms with Crippen LogP contribution in [0.3, 0.4) is 0 Å². The number of ether oxygens (including phenoxy) is 1. The molecule has 0 aliphatic heterocycles. The number of carbonyl (C=O) groups is 1. The molecule has 1 N–H and O–H groups in total. The van der Waals surface area contributed by atoms with Crippen molar-refractivity contribution in [2.75, 3.05) is 7.11 Å². The van der Waals surface area contributed by atoms with Crippen LogP contribution in [0.25, 0.3) is 0 Å². The van der Waals surface area contributed by atoms with Crippen molar-refractivity contribution in [3.05, 3.63) is 59.4 Å². The fourth-order valence-corrected chi connectivity index (χ4v) is 1.80. The maximum Gasteiger partial charge on any atom is 0.251 e. The molecule has 19 heavy (non-hydrogen) atoms. The lowest BCUT2D eigenvalue weighted by Crippen LogP contribution is -2.22. The lowest BCUT2D eigenvalue weighted by atomic mass is 10.1. The molecule has 0 unspecified atom stereocenters. The summed E-state index contributed by atoms with van der Waals surface area (Å²) in [5.41, 5.74) is 2.60. The Morgan fingerprint density at radius 2 is 2.00 bits per heavy atom. The molecule has 0 fully saturated rings. The molecule has 2 rings (SSSR count). The highest BCUT2D eigenvalue weighted by molar-refractivity contribution is 5.94. The fraction of sp³-hybridized carbons (Fsp3) is 0.200. The highest BCUT2D eigenvalue weighted by Crippen LogP contribution is 2.18. The monoisotopic (exact) mass is 256 g/mol. The lowest BCUT2D eigenvalue weighted by Gasteiger charge is -2.08. The number of carbonyl (C=O) groups excluding carboxylic acids is 1. The first-order valence-corrected chi connectivity index (χ1v) is 6.02. The number of aromatic nitrogens is 1. The summed E-state index contributed by atoms with van der Waals surface area (Å²) in [7, 11) is 1.62. The van der Waals surface area contributed by atoms with Gasteiger partial charge in [0.25, 0.3) is 5.91 Å². The summed E-state index contributed by atoms with van der Waals surface area (Å²) in [6.07, 6.45) is 3.41. The normalized spacial score (nSPS) is 10.0. The molecule has 1 aromatic heterocycles. The van der Waals surface area contributed by atoms with Crippen molar-refractivity contribution in [2.45, 2.75) is 13.5 Å². The molecule has 0 radical (unpaired) electrons. The molecule has 1 amide bonds. The van der Waals surface area contributed by atoms with Crippen molar-refractivity contribution in [3.8, 4) is 5.75 Å². The molecule has 98 valence electrons. The van der Waals surface area contributed by atoms with E-state index in [1.54, 1.807) is 31.6 Å². The second-order valence-electron chi connectivity index (χ2n) is 4.22. The first-order chi connectivity index (χ1) is 9.20. The van der Waals surface area contributed by atoms with E-state index in [0.29, 0.717) is 12.1 Å². The van der Waals surface area contributed by atoms with Crippen LogP contribution in [-0.4, -0.2) is 18.0 Å². The predicted octanol–water partition coefficient (Wildman–Crippen LogP) is 2.33. The number of benzene rings is 1. The van der Waals surface area contributed by atoms with Gasteiger partial charge in [0.05, 0.1) is 7.11 Å². The van der Waals surface area contributed by atoms with Gasteiger partial charge in [-0.1, -0.05) is 0 Å². The number of aryl methyl sites for hydroxylation is 1. The van der Waals surface area contributed by atoms with E-state index in [1.165, 1.54) is 0 Å². The maximum absolute atomic E-state index is 12.0. The van der Waals surface area contributed by atoms with Gasteiger partial charge in [-0.25, -0.2) is 0 Å². The van der Waals surface area contributed by atoms with E-state index >= 15 is 0 Å². The number of methoxy groups -OCH3 is 1. The molecule has 2 aromatic rings. The van der Waals surface area contributed by atoms with Crippen molar-refractivity contribution in [1.29, 1.82) is 0 Å². The zero-order valence-electron chi connectivity index (χ0n) is 11.0. The third-order valence-corrected chi connectivity index (χ3v) is 2.86. The van der Waals surface area contributed by atoms with Gasteiger partial charge >= 0.3 is 0 Å². The standard InChI is InChI=1S/C15H16N2O2/c1-11-9-13(3-4-14(11)19-2)15(18)17-10-12-5-7-16-8-6-12/h3-9H,10H2,1-2H3,(H,17,18). The topological polar surface area (TPSA) is 51.2 Å². The summed E-state index contributed by atoms with van der Waals surface area (Å²) >= 11 is 0. The van der Waals surface area contributed by atoms with Crippen LogP contribution in [0, 0.1) is 6.92 Å². The molecule has 0 saturated carbocycles. The second-order valence-corrected chi connectivity index (χ2v) is 4.22. The van der Waals surface area contributed by atoms with Gasteiger partial charge in [0.2, 0.25) is 0 Å². The van der Waals surface area contributed by atoms with Crippen LogP contribution in [0.1, 0.15) is 21.5 Å². The minimum atomic E-state index is -0.0948. The summed E-state index contributed by atoms with van der Waals surface area (Å²) in [5.74, 6) is 0.688. The van der Waals surface area contributed by atoms with Crippen LogP contribution in [-0.2, 0) is 6.54 Å². The minimum absolute atomic E-state index is 0.0948. The van der Waals surface area contributed by atoms with Crippen molar-refractivity contribution in [3.63, 3.8) is 0 Å². The van der Waals surface area contributed by atoms with E-state index in [-0.39, 0.29) is 5.91 Å². The van der Waals surface area contributed by atoms with Gasteiger partial charge in [0.1, 0.15) is 5.75 Å². The van der Waals surface area contributed by atoms with Gasteiger partial charge in [0, 0.05) is 24.5 Å². The number of hydrogen-bond acceptors (Lipinski definition) is 3. The first-order valence-electron chi connectivity index (χ1n) is 6.02. The highest BCUT2D eigenvalue weighted by atomic mass is 16.5. The SMILES string of the molecule is COc1ccc(C(=O)NCc2ccncc2)cc1C. The molecule has 0 atom stereocenters. The van der Waals surface area contributed by atoms with Crippen LogP contribution in [0.2, 0.25) is 0 Å². The van der Waals surface area contributed by atoms with Gasteiger partial charge in [-0.15, -0.1) is 0 Å². The quantitative estimate of drug-likeness (QED) is 0.913.